The number of hydrogen-bond acceptors (Lipinski definition) is 4. The van der Waals surface area contributed by atoms with Gasteiger partial charge in [0.1, 0.15) is 11.6 Å². The SMILES string of the molecule is CN=C(NCc1ccc(N2CCCC2)nc1)N1CCC(c2ccc(OC)cc2)C1. The van der Waals surface area contributed by atoms with Gasteiger partial charge in [0, 0.05) is 51.9 Å². The van der Waals surface area contributed by atoms with Crippen LogP contribution >= 0.6 is 0 Å². The van der Waals surface area contributed by atoms with E-state index in [-0.39, 0.29) is 0 Å². The lowest BCUT2D eigenvalue weighted by Crippen LogP contribution is -2.39. The molecule has 3 heterocycles. The number of aromatic nitrogens is 1. The van der Waals surface area contributed by atoms with E-state index in [1.165, 1.54) is 24.0 Å². The summed E-state index contributed by atoms with van der Waals surface area (Å²) >= 11 is 0. The van der Waals surface area contributed by atoms with E-state index in [0.717, 1.165) is 56.7 Å². The summed E-state index contributed by atoms with van der Waals surface area (Å²) in [6, 6.07) is 12.8. The van der Waals surface area contributed by atoms with Gasteiger partial charge in [0.2, 0.25) is 0 Å². The Morgan fingerprint density at radius 3 is 2.59 bits per heavy atom. The number of nitrogens with zero attached hydrogens (tertiary/aromatic N) is 4. The standard InChI is InChI=1S/C23H31N5O/c1-24-23(26-16-18-5-10-22(25-15-18)27-12-3-4-13-27)28-14-11-20(17-28)19-6-8-21(29-2)9-7-19/h5-10,15,20H,3-4,11-14,16-17H2,1-2H3,(H,24,26). The maximum absolute atomic E-state index is 5.27. The van der Waals surface area contributed by atoms with Crippen molar-refractivity contribution in [3.8, 4) is 5.75 Å². The average Bonchev–Trinajstić information content (AvgIpc) is 3.48. The van der Waals surface area contributed by atoms with E-state index in [1.807, 2.05) is 25.4 Å². The van der Waals surface area contributed by atoms with Crippen molar-refractivity contribution in [2.24, 2.45) is 4.99 Å². The lowest BCUT2D eigenvalue weighted by Gasteiger charge is -2.22. The normalized spacial score (nSPS) is 19.7. The van der Waals surface area contributed by atoms with Crippen LogP contribution in [0.1, 0.15) is 36.3 Å². The van der Waals surface area contributed by atoms with E-state index >= 15 is 0 Å². The summed E-state index contributed by atoms with van der Waals surface area (Å²) < 4.78 is 5.27. The van der Waals surface area contributed by atoms with E-state index in [4.69, 9.17) is 4.74 Å². The molecule has 1 atom stereocenters. The lowest BCUT2D eigenvalue weighted by atomic mass is 9.98. The molecule has 154 valence electrons. The minimum Gasteiger partial charge on any atom is -0.497 e. The van der Waals surface area contributed by atoms with Gasteiger partial charge < -0.3 is 19.9 Å². The number of likely N-dealkylation sites (tertiary alicyclic amines) is 1. The summed E-state index contributed by atoms with van der Waals surface area (Å²) in [5.41, 5.74) is 2.55. The Hall–Kier alpha value is -2.76. The molecule has 1 aromatic heterocycles. The molecule has 4 rings (SSSR count). The number of nitrogens with one attached hydrogen (secondary N) is 1. The molecule has 2 aliphatic rings. The van der Waals surface area contributed by atoms with Gasteiger partial charge in [0.25, 0.3) is 0 Å². The van der Waals surface area contributed by atoms with Crippen molar-refractivity contribution in [2.75, 3.05) is 45.2 Å². The molecule has 0 spiro atoms. The second kappa shape index (κ2) is 9.16. The molecule has 1 aromatic carbocycles. The van der Waals surface area contributed by atoms with Gasteiger partial charge >= 0.3 is 0 Å². The van der Waals surface area contributed by atoms with Crippen LogP contribution in [0.3, 0.4) is 0 Å². The Kier molecular flexibility index (Phi) is 6.17. The Morgan fingerprint density at radius 2 is 1.93 bits per heavy atom. The topological polar surface area (TPSA) is 53.0 Å². The zero-order valence-corrected chi connectivity index (χ0v) is 17.5. The molecular weight excluding hydrogens is 362 g/mol. The van der Waals surface area contributed by atoms with Crippen molar-refractivity contribution in [2.45, 2.75) is 31.7 Å². The van der Waals surface area contributed by atoms with Gasteiger partial charge in [-0.05, 0) is 48.6 Å². The maximum atomic E-state index is 5.27. The van der Waals surface area contributed by atoms with Gasteiger partial charge in [-0.1, -0.05) is 18.2 Å². The van der Waals surface area contributed by atoms with Crippen molar-refractivity contribution < 1.29 is 4.74 Å². The third-order valence-corrected chi connectivity index (χ3v) is 5.98. The summed E-state index contributed by atoms with van der Waals surface area (Å²) in [7, 11) is 3.56. The predicted molar refractivity (Wildman–Crippen MR) is 118 cm³/mol. The fourth-order valence-corrected chi connectivity index (χ4v) is 4.27. The number of hydrogen-bond donors (Lipinski definition) is 1. The second-order valence-corrected chi connectivity index (χ2v) is 7.82. The van der Waals surface area contributed by atoms with E-state index in [0.29, 0.717) is 5.92 Å². The van der Waals surface area contributed by atoms with E-state index in [2.05, 4.69) is 49.4 Å². The lowest BCUT2D eigenvalue weighted by molar-refractivity contribution is 0.414. The molecule has 6 nitrogen and oxygen atoms in total. The number of ether oxygens (including phenoxy) is 1. The van der Waals surface area contributed by atoms with Crippen molar-refractivity contribution in [3.05, 3.63) is 53.7 Å². The van der Waals surface area contributed by atoms with E-state index < -0.39 is 0 Å². The largest absolute Gasteiger partial charge is 0.497 e. The second-order valence-electron chi connectivity index (χ2n) is 7.82. The highest BCUT2D eigenvalue weighted by atomic mass is 16.5. The van der Waals surface area contributed by atoms with Crippen LogP contribution in [0.15, 0.2) is 47.6 Å². The first-order valence-electron chi connectivity index (χ1n) is 10.6. The monoisotopic (exact) mass is 393 g/mol. The minimum atomic E-state index is 0.529. The molecule has 2 fully saturated rings. The van der Waals surface area contributed by atoms with Gasteiger partial charge in [-0.2, -0.15) is 0 Å². The number of aliphatic imine (C=N–C) groups is 1. The number of methoxy groups -OCH3 is 1. The highest BCUT2D eigenvalue weighted by Crippen LogP contribution is 2.28. The van der Waals surface area contributed by atoms with Gasteiger partial charge in [0.05, 0.1) is 7.11 Å². The van der Waals surface area contributed by atoms with Gasteiger partial charge in [-0.15, -0.1) is 0 Å². The van der Waals surface area contributed by atoms with Gasteiger partial charge in [-0.3, -0.25) is 4.99 Å². The van der Waals surface area contributed by atoms with Crippen LogP contribution in [-0.2, 0) is 6.54 Å². The molecule has 1 unspecified atom stereocenters. The van der Waals surface area contributed by atoms with Crippen LogP contribution in [0.4, 0.5) is 5.82 Å². The fraction of sp³-hybridized carbons (Fsp3) is 0.478. The van der Waals surface area contributed by atoms with Crippen LogP contribution in [0.2, 0.25) is 0 Å². The smallest absolute Gasteiger partial charge is 0.193 e. The predicted octanol–water partition coefficient (Wildman–Crippen LogP) is 3.26. The summed E-state index contributed by atoms with van der Waals surface area (Å²) in [5, 5.41) is 3.51. The first-order valence-corrected chi connectivity index (χ1v) is 10.6. The first kappa shape index (κ1) is 19.6. The quantitative estimate of drug-likeness (QED) is 0.624. The van der Waals surface area contributed by atoms with Gasteiger partial charge in [0.15, 0.2) is 5.96 Å². The summed E-state index contributed by atoms with van der Waals surface area (Å²) in [6.07, 6.45) is 5.67. The number of guanidine groups is 1. The molecule has 2 aliphatic heterocycles. The highest BCUT2D eigenvalue weighted by molar-refractivity contribution is 5.80. The van der Waals surface area contributed by atoms with Crippen LogP contribution in [-0.4, -0.2) is 56.2 Å². The number of pyridine rings is 1. The number of rotatable bonds is 5. The van der Waals surface area contributed by atoms with Crippen molar-refractivity contribution in [3.63, 3.8) is 0 Å². The third-order valence-electron chi connectivity index (χ3n) is 5.98. The van der Waals surface area contributed by atoms with Crippen LogP contribution in [0, 0.1) is 0 Å². The molecular formula is C23H31N5O. The Balaban J connectivity index is 1.31. The van der Waals surface area contributed by atoms with Crippen molar-refractivity contribution >= 4 is 11.8 Å². The molecule has 1 N–H and O–H groups in total. The number of benzene rings is 1. The van der Waals surface area contributed by atoms with Crippen molar-refractivity contribution in [1.29, 1.82) is 0 Å². The molecule has 0 amide bonds. The van der Waals surface area contributed by atoms with Crippen LogP contribution in [0.5, 0.6) is 5.75 Å². The third kappa shape index (κ3) is 4.63. The molecule has 0 aliphatic carbocycles. The molecule has 2 saturated heterocycles. The zero-order chi connectivity index (χ0) is 20.1. The summed E-state index contributed by atoms with van der Waals surface area (Å²) in [4.78, 5) is 13.9. The Morgan fingerprint density at radius 1 is 1.14 bits per heavy atom. The van der Waals surface area contributed by atoms with Crippen molar-refractivity contribution in [1.82, 2.24) is 15.2 Å². The molecule has 6 heteroatoms. The maximum Gasteiger partial charge on any atom is 0.193 e. The molecule has 0 saturated carbocycles. The number of anilines is 1. The van der Waals surface area contributed by atoms with Gasteiger partial charge in [-0.25, -0.2) is 4.98 Å². The summed E-state index contributed by atoms with van der Waals surface area (Å²) in [6.45, 7) is 4.99. The van der Waals surface area contributed by atoms with Crippen LogP contribution < -0.4 is 15.0 Å². The van der Waals surface area contributed by atoms with E-state index in [9.17, 15) is 0 Å². The first-order chi connectivity index (χ1) is 14.3. The summed E-state index contributed by atoms with van der Waals surface area (Å²) in [5.74, 6) is 3.49. The molecule has 29 heavy (non-hydrogen) atoms. The molecule has 2 aromatic rings. The van der Waals surface area contributed by atoms with Crippen LogP contribution in [0.25, 0.3) is 0 Å². The fourth-order valence-electron chi connectivity index (χ4n) is 4.27. The Bertz CT molecular complexity index is 812. The van der Waals surface area contributed by atoms with E-state index in [1.54, 1.807) is 7.11 Å². The molecule has 0 radical (unpaired) electrons. The highest BCUT2D eigenvalue weighted by Gasteiger charge is 2.26. The minimum absolute atomic E-state index is 0.529. The molecule has 0 bridgehead atoms. The zero-order valence-electron chi connectivity index (χ0n) is 17.5. The Labute approximate surface area is 173 Å². The average molecular weight is 394 g/mol.